The number of rotatable bonds is 1. The second kappa shape index (κ2) is 2.80. The molecule has 7 heavy (non-hydrogen) atoms. The number of carbonyl (C=O) groups is 1. The van der Waals surface area contributed by atoms with Crippen molar-refractivity contribution < 1.29 is 9.18 Å². The van der Waals surface area contributed by atoms with Crippen LogP contribution in [-0.2, 0) is 0 Å². The van der Waals surface area contributed by atoms with Crippen molar-refractivity contribution in [2.45, 2.75) is 0 Å². The molecule has 2 nitrogen and oxygen atoms in total. The average molecular weight is 126 g/mol. The first-order valence-corrected chi connectivity index (χ1v) is 2.03. The van der Waals surface area contributed by atoms with Gasteiger partial charge in [-0.15, -0.1) is 0 Å². The maximum atomic E-state index is 11.3. The fourth-order valence-electron chi connectivity index (χ4n) is 0.0470. The molecule has 0 aliphatic rings. The summed E-state index contributed by atoms with van der Waals surface area (Å²) in [7, 11) is 1.27. The van der Waals surface area contributed by atoms with Crippen molar-refractivity contribution in [3.63, 3.8) is 0 Å². The van der Waals surface area contributed by atoms with E-state index in [-0.39, 0.29) is 0 Å². The molecule has 0 heterocycles. The molecule has 0 bridgehead atoms. The van der Waals surface area contributed by atoms with Crippen molar-refractivity contribution in [3.8, 4) is 0 Å². The SMILES string of the molecule is CN(CF)C(=O)Cl. The molecular weight excluding hydrogens is 120 g/mol. The van der Waals surface area contributed by atoms with Gasteiger partial charge in [0.2, 0.25) is 0 Å². The molecule has 1 amide bonds. The largest absolute Gasteiger partial charge is 0.318 e. The highest BCUT2D eigenvalue weighted by atomic mass is 35.5. The monoisotopic (exact) mass is 125 g/mol. The van der Waals surface area contributed by atoms with Crippen LogP contribution in [0.25, 0.3) is 0 Å². The van der Waals surface area contributed by atoms with E-state index in [1.165, 1.54) is 7.05 Å². The number of hydrogen-bond acceptors (Lipinski definition) is 1. The van der Waals surface area contributed by atoms with Gasteiger partial charge in [0.05, 0.1) is 0 Å². The molecule has 0 saturated carbocycles. The first-order valence-electron chi connectivity index (χ1n) is 1.65. The van der Waals surface area contributed by atoms with Crippen LogP contribution in [0.1, 0.15) is 0 Å². The van der Waals surface area contributed by atoms with Crippen LogP contribution in [0.3, 0.4) is 0 Å². The minimum atomic E-state index is -0.831. The topological polar surface area (TPSA) is 20.3 Å². The van der Waals surface area contributed by atoms with E-state index in [1.54, 1.807) is 0 Å². The molecule has 0 aliphatic carbocycles. The van der Waals surface area contributed by atoms with Crippen molar-refractivity contribution in [2.75, 3.05) is 13.8 Å². The number of halogens is 2. The number of carbonyl (C=O) groups excluding carboxylic acids is 1. The minimum Gasteiger partial charge on any atom is -0.304 e. The lowest BCUT2D eigenvalue weighted by Gasteiger charge is -2.03. The Bertz CT molecular complexity index is 77.3. The van der Waals surface area contributed by atoms with Crippen LogP contribution in [0.4, 0.5) is 9.18 Å². The van der Waals surface area contributed by atoms with Gasteiger partial charge in [-0.25, -0.2) is 4.39 Å². The van der Waals surface area contributed by atoms with Gasteiger partial charge in [-0.2, -0.15) is 0 Å². The van der Waals surface area contributed by atoms with Crippen LogP contribution in [0, 0.1) is 0 Å². The fraction of sp³-hybridized carbons (Fsp3) is 0.667. The fourth-order valence-corrected chi connectivity index (χ4v) is 0.0922. The summed E-state index contributed by atoms with van der Waals surface area (Å²) in [6.45, 7) is -0.831. The van der Waals surface area contributed by atoms with Crippen molar-refractivity contribution in [1.82, 2.24) is 4.90 Å². The number of amides is 1. The van der Waals surface area contributed by atoms with Crippen molar-refractivity contribution in [1.29, 1.82) is 0 Å². The summed E-state index contributed by atoms with van der Waals surface area (Å²) in [6, 6.07) is 0. The third kappa shape index (κ3) is 2.39. The van der Waals surface area contributed by atoms with Crippen LogP contribution in [0.15, 0.2) is 0 Å². The predicted molar refractivity (Wildman–Crippen MR) is 25.0 cm³/mol. The molecule has 0 spiro atoms. The summed E-state index contributed by atoms with van der Waals surface area (Å²) in [5.74, 6) is 0. The molecule has 4 heteroatoms. The lowest BCUT2D eigenvalue weighted by atomic mass is 10.9. The zero-order valence-corrected chi connectivity index (χ0v) is 4.57. The Morgan fingerprint density at radius 3 is 2.43 bits per heavy atom. The van der Waals surface area contributed by atoms with Gasteiger partial charge in [-0.3, -0.25) is 4.79 Å². The molecule has 0 aromatic carbocycles. The lowest BCUT2D eigenvalue weighted by molar-refractivity contribution is 0.209. The molecule has 0 fully saturated rings. The van der Waals surface area contributed by atoms with Gasteiger partial charge in [-0.05, 0) is 11.6 Å². The normalized spacial score (nSPS) is 8.43. The Kier molecular flexibility index (Phi) is 2.67. The molecule has 0 rings (SSSR count). The molecule has 0 saturated heterocycles. The first-order chi connectivity index (χ1) is 3.18. The molecule has 0 unspecified atom stereocenters. The third-order valence-electron chi connectivity index (χ3n) is 0.479. The Labute approximate surface area is 45.9 Å². The van der Waals surface area contributed by atoms with Crippen LogP contribution in [0.2, 0.25) is 0 Å². The summed E-state index contributed by atoms with van der Waals surface area (Å²) in [5, 5.41) is -0.775. The Morgan fingerprint density at radius 1 is 2.00 bits per heavy atom. The zero-order chi connectivity index (χ0) is 5.86. The van der Waals surface area contributed by atoms with Gasteiger partial charge in [0.1, 0.15) is 0 Å². The standard InChI is InChI=1S/C3H5ClFNO/c1-6(2-5)3(4)7/h2H2,1H3. The highest BCUT2D eigenvalue weighted by Gasteiger charge is 1.99. The van der Waals surface area contributed by atoms with Crippen molar-refractivity contribution in [2.24, 2.45) is 0 Å². The van der Waals surface area contributed by atoms with Crippen molar-refractivity contribution in [3.05, 3.63) is 0 Å². The van der Waals surface area contributed by atoms with Gasteiger partial charge in [0.25, 0.3) is 0 Å². The lowest BCUT2D eigenvalue weighted by Crippen LogP contribution is -2.18. The van der Waals surface area contributed by atoms with Gasteiger partial charge >= 0.3 is 5.37 Å². The molecule has 0 aromatic rings. The Morgan fingerprint density at radius 2 is 2.43 bits per heavy atom. The molecule has 42 valence electrons. The quantitative estimate of drug-likeness (QED) is 0.381. The van der Waals surface area contributed by atoms with Crippen LogP contribution in [-0.4, -0.2) is 24.1 Å². The van der Waals surface area contributed by atoms with E-state index in [1.807, 2.05) is 0 Å². The Hall–Kier alpha value is -0.310. The molecular formula is C3H5ClFNO. The Balaban J connectivity index is 3.34. The smallest absolute Gasteiger partial charge is 0.304 e. The van der Waals surface area contributed by atoms with Crippen LogP contribution in [0.5, 0.6) is 0 Å². The summed E-state index contributed by atoms with van der Waals surface area (Å²) in [4.78, 5) is 10.6. The minimum absolute atomic E-state index is 0.752. The van der Waals surface area contributed by atoms with E-state index in [2.05, 4.69) is 0 Å². The van der Waals surface area contributed by atoms with Crippen LogP contribution < -0.4 is 0 Å². The second-order valence-corrected chi connectivity index (χ2v) is 1.39. The molecule has 0 N–H and O–H groups in total. The van der Waals surface area contributed by atoms with Gasteiger partial charge in [0.15, 0.2) is 6.80 Å². The number of nitrogens with zero attached hydrogens (tertiary/aromatic N) is 1. The molecule has 0 radical (unpaired) electrons. The summed E-state index contributed by atoms with van der Waals surface area (Å²) in [6.07, 6.45) is 0. The molecule has 0 atom stereocenters. The maximum absolute atomic E-state index is 11.3. The number of hydrogen-bond donors (Lipinski definition) is 0. The summed E-state index contributed by atoms with van der Waals surface area (Å²) in [5.41, 5.74) is 0. The average Bonchev–Trinajstić information content (AvgIpc) is 1.65. The van der Waals surface area contributed by atoms with E-state index in [0.717, 1.165) is 4.90 Å². The summed E-state index contributed by atoms with van der Waals surface area (Å²) < 4.78 is 11.3. The van der Waals surface area contributed by atoms with Gasteiger partial charge in [-0.1, -0.05) is 0 Å². The summed E-state index contributed by atoms with van der Waals surface area (Å²) >= 11 is 4.78. The van der Waals surface area contributed by atoms with E-state index >= 15 is 0 Å². The van der Waals surface area contributed by atoms with Crippen molar-refractivity contribution >= 4 is 17.0 Å². The maximum Gasteiger partial charge on any atom is 0.318 e. The zero-order valence-electron chi connectivity index (χ0n) is 3.82. The van der Waals surface area contributed by atoms with Crippen LogP contribution >= 0.6 is 11.6 Å². The highest BCUT2D eigenvalue weighted by molar-refractivity contribution is 6.62. The van der Waals surface area contributed by atoms with E-state index < -0.39 is 12.2 Å². The number of alkyl halides is 1. The molecule has 0 aliphatic heterocycles. The predicted octanol–water partition coefficient (Wildman–Crippen LogP) is 1.20. The van der Waals surface area contributed by atoms with Gasteiger partial charge < -0.3 is 4.90 Å². The van der Waals surface area contributed by atoms with Gasteiger partial charge in [0, 0.05) is 7.05 Å². The third-order valence-corrected chi connectivity index (χ3v) is 0.768. The van der Waals surface area contributed by atoms with E-state index in [4.69, 9.17) is 11.6 Å². The second-order valence-electron chi connectivity index (χ2n) is 1.07. The van der Waals surface area contributed by atoms with E-state index in [0.29, 0.717) is 0 Å². The van der Waals surface area contributed by atoms with E-state index in [9.17, 15) is 9.18 Å². The highest BCUT2D eigenvalue weighted by Crippen LogP contribution is 1.89. The first kappa shape index (κ1) is 6.69. The molecule has 0 aromatic heterocycles.